The van der Waals surface area contributed by atoms with Gasteiger partial charge in [-0.25, -0.2) is 14.6 Å². The molecule has 0 unspecified atom stereocenters. The number of nitrogens with zero attached hydrogens (tertiary/aromatic N) is 5. The summed E-state index contributed by atoms with van der Waals surface area (Å²) in [5.74, 6) is -0.464. The molecule has 0 fully saturated rings. The third-order valence-electron chi connectivity index (χ3n) is 7.86. The zero-order valence-corrected chi connectivity index (χ0v) is 26.3. The molecule has 1 amide bonds. The Morgan fingerprint density at radius 2 is 1.76 bits per heavy atom. The number of benzene rings is 2. The molecule has 0 aliphatic heterocycles. The molecule has 11 heteroatoms. The second-order valence-electron chi connectivity index (χ2n) is 11.3. The number of amides is 1. The van der Waals surface area contributed by atoms with Crippen molar-refractivity contribution in [1.82, 2.24) is 19.3 Å². The fraction of sp³-hybridized carbons (Fsp3) is 0.333. The molecule has 41 heavy (non-hydrogen) atoms. The number of hydrogen-bond donors (Lipinski definition) is 1. The van der Waals surface area contributed by atoms with E-state index in [2.05, 4.69) is 16.5 Å². The van der Waals surface area contributed by atoms with Crippen molar-refractivity contribution >= 4 is 54.0 Å². The van der Waals surface area contributed by atoms with Crippen molar-refractivity contribution in [3.05, 3.63) is 99.3 Å². The Balaban J connectivity index is 1.79. The lowest BCUT2D eigenvalue weighted by molar-refractivity contribution is 0.0986. The van der Waals surface area contributed by atoms with Crippen LogP contribution in [0.2, 0.25) is 28.4 Å². The zero-order chi connectivity index (χ0) is 29.9. The van der Waals surface area contributed by atoms with Crippen LogP contribution in [0, 0.1) is 0 Å². The third-order valence-corrected chi connectivity index (χ3v) is 12.0. The highest BCUT2D eigenvalue weighted by molar-refractivity contribution is 6.72. The molecule has 0 radical (unpaired) electrons. The maximum atomic E-state index is 13.9. The van der Waals surface area contributed by atoms with E-state index in [1.54, 1.807) is 21.7 Å². The maximum Gasteiger partial charge on any atom is 0.274 e. The highest BCUT2D eigenvalue weighted by Gasteiger charge is 2.37. The molecule has 2 aromatic carbocycles. The second-order valence-corrected chi connectivity index (χ2v) is 16.4. The van der Waals surface area contributed by atoms with E-state index in [1.165, 1.54) is 6.33 Å². The van der Waals surface area contributed by atoms with Crippen LogP contribution in [-0.2, 0) is 13.1 Å². The number of aromatic nitrogens is 4. The van der Waals surface area contributed by atoms with Crippen LogP contribution < -0.4 is 10.5 Å². The number of hydrogen-bond acceptors (Lipinski definition) is 5. The summed E-state index contributed by atoms with van der Waals surface area (Å²) < 4.78 is 3.58. The van der Waals surface area contributed by atoms with Gasteiger partial charge in [-0.3, -0.25) is 14.3 Å². The lowest BCUT2D eigenvalue weighted by Gasteiger charge is -2.35. The van der Waals surface area contributed by atoms with Crippen LogP contribution in [0.4, 0.5) is 5.69 Å². The van der Waals surface area contributed by atoms with Gasteiger partial charge in [0.1, 0.15) is 22.2 Å². The van der Waals surface area contributed by atoms with Crippen LogP contribution in [0.5, 0.6) is 0 Å². The molecule has 2 aromatic heterocycles. The van der Waals surface area contributed by atoms with Crippen LogP contribution in [0.25, 0.3) is 10.9 Å². The van der Waals surface area contributed by atoms with E-state index < -0.39 is 14.2 Å². The first kappa shape index (κ1) is 30.7. The Morgan fingerprint density at radius 1 is 1.10 bits per heavy atom. The minimum Gasteiger partial charge on any atom is -0.432 e. The van der Waals surface area contributed by atoms with Crippen molar-refractivity contribution in [3.8, 4) is 0 Å². The molecule has 0 aliphatic carbocycles. The molecule has 0 bridgehead atoms. The molecule has 0 aliphatic rings. The van der Waals surface area contributed by atoms with E-state index in [9.17, 15) is 14.4 Å². The van der Waals surface area contributed by atoms with Gasteiger partial charge in [0.05, 0.1) is 24.0 Å². The molecule has 2 heterocycles. The molecule has 0 saturated heterocycles. The first-order chi connectivity index (χ1) is 19.4. The van der Waals surface area contributed by atoms with E-state index in [4.69, 9.17) is 23.2 Å². The predicted molar refractivity (Wildman–Crippen MR) is 169 cm³/mol. The molecule has 0 spiro atoms. The van der Waals surface area contributed by atoms with Crippen molar-refractivity contribution in [2.45, 2.75) is 57.9 Å². The molecular weight excluding hydrogens is 577 g/mol. The molecule has 4 rings (SSSR count). The number of fused-ring (bicyclic) bond motifs is 1. The number of anilines is 1. The largest absolute Gasteiger partial charge is 0.432 e. The van der Waals surface area contributed by atoms with Crippen molar-refractivity contribution in [3.63, 3.8) is 0 Å². The average Bonchev–Trinajstić information content (AvgIpc) is 3.16. The van der Waals surface area contributed by atoms with E-state index in [0.29, 0.717) is 43.5 Å². The summed E-state index contributed by atoms with van der Waals surface area (Å²) in [7, 11) is -2.45. The minimum absolute atomic E-state index is 0.00207. The summed E-state index contributed by atoms with van der Waals surface area (Å²) in [6.45, 7) is 12.9. The first-order valence-corrected chi connectivity index (χ1v) is 17.1. The number of rotatable bonds is 11. The predicted octanol–water partition coefficient (Wildman–Crippen LogP) is 6.54. The molecule has 4 aromatic rings. The summed E-state index contributed by atoms with van der Waals surface area (Å²) in [6, 6.07) is 15.1. The fourth-order valence-corrected chi connectivity index (χ4v) is 5.95. The highest BCUT2D eigenvalue weighted by atomic mass is 35.5. The van der Waals surface area contributed by atoms with Gasteiger partial charge in [-0.15, -0.1) is 6.58 Å². The molecule has 1 N–H and O–H groups in total. The van der Waals surface area contributed by atoms with E-state index in [0.717, 1.165) is 11.1 Å². The van der Waals surface area contributed by atoms with Crippen LogP contribution >= 0.6 is 23.2 Å². The van der Waals surface area contributed by atoms with Gasteiger partial charge < -0.3 is 9.70 Å². The van der Waals surface area contributed by atoms with Gasteiger partial charge in [0, 0.05) is 12.2 Å². The molecule has 8 nitrogen and oxygen atoms in total. The monoisotopic (exact) mass is 611 g/mol. The number of carbonyl (C=O) groups excluding carboxylic acids is 1. The Bertz CT molecular complexity index is 1610. The number of carbonyl (C=O) groups is 1. The topological polar surface area (TPSA) is 93.2 Å². The summed E-state index contributed by atoms with van der Waals surface area (Å²) in [4.78, 5) is 47.9. The van der Waals surface area contributed by atoms with Crippen LogP contribution in [0.15, 0.2) is 72.3 Å². The van der Waals surface area contributed by atoms with E-state index >= 15 is 0 Å². The van der Waals surface area contributed by atoms with Gasteiger partial charge in [-0.2, -0.15) is 0 Å². The van der Waals surface area contributed by atoms with Gasteiger partial charge in [0.2, 0.25) is 0 Å². The Hall–Kier alpha value is -3.24. The third kappa shape index (κ3) is 6.48. The van der Waals surface area contributed by atoms with Gasteiger partial charge in [0.25, 0.3) is 11.5 Å². The normalized spacial score (nSPS) is 12.1. The lowest BCUT2D eigenvalue weighted by Crippen LogP contribution is -2.40. The van der Waals surface area contributed by atoms with Crippen molar-refractivity contribution in [1.29, 1.82) is 0 Å². The summed E-state index contributed by atoms with van der Waals surface area (Å²) in [5, 5.41) is 0.105. The number of halogens is 2. The quantitative estimate of drug-likeness (QED) is 0.118. The minimum atomic E-state index is -2.45. The highest BCUT2D eigenvalue weighted by Crippen LogP contribution is 2.40. The fourth-order valence-electron chi connectivity index (χ4n) is 4.69. The van der Waals surface area contributed by atoms with Crippen molar-refractivity contribution in [2.24, 2.45) is 0 Å². The molecule has 0 saturated carbocycles. The van der Waals surface area contributed by atoms with Crippen LogP contribution in [0.3, 0.4) is 0 Å². The van der Waals surface area contributed by atoms with Gasteiger partial charge in [-0.1, -0.05) is 73.5 Å². The summed E-state index contributed by atoms with van der Waals surface area (Å²) in [6.07, 6.45) is 4.25. The smallest absolute Gasteiger partial charge is 0.274 e. The maximum absolute atomic E-state index is 13.9. The summed E-state index contributed by atoms with van der Waals surface area (Å²) >= 11 is 12.6. The number of allylic oxidation sites excluding steroid dienone is 1. The lowest BCUT2D eigenvalue weighted by atomic mass is 10.1. The van der Waals surface area contributed by atoms with Crippen LogP contribution in [0.1, 0.15) is 42.6 Å². The van der Waals surface area contributed by atoms with Gasteiger partial charge in [-0.05, 0) is 54.7 Å². The van der Waals surface area contributed by atoms with Gasteiger partial charge >= 0.3 is 0 Å². The van der Waals surface area contributed by atoms with E-state index in [1.807, 2.05) is 74.1 Å². The summed E-state index contributed by atoms with van der Waals surface area (Å²) in [5.41, 5.74) is 2.07. The standard InChI is InChI=1S/C30H35Cl2N5O3Si/c1-6-16-36-24-14-13-22(18-23(24)28(38)37(36)19-21-11-8-7-9-12-21)35(17-10-15-30(2,3)41(4,5)40)29(39)25-26(31)33-20-34-27(25)32/h6-9,11-14,18,20,40H,1,10,15-17,19H2,2-5H3. The van der Waals surface area contributed by atoms with Crippen LogP contribution in [-0.4, -0.2) is 44.9 Å². The second kappa shape index (κ2) is 12.3. The first-order valence-electron chi connectivity index (χ1n) is 13.4. The molecule has 0 atom stereocenters. The van der Waals surface area contributed by atoms with Gasteiger partial charge in [0.15, 0.2) is 8.32 Å². The SMILES string of the molecule is C=CCn1c2ccc(N(CCCC(C)(C)[Si](C)(C)O)C(=O)c3c(Cl)ncnc3Cl)cc2c(=O)n1Cc1ccccc1. The molecule has 216 valence electrons. The van der Waals surface area contributed by atoms with Crippen molar-refractivity contribution < 1.29 is 9.59 Å². The average molecular weight is 613 g/mol. The van der Waals surface area contributed by atoms with E-state index in [-0.39, 0.29) is 26.5 Å². The Labute approximate surface area is 251 Å². The van der Waals surface area contributed by atoms with Crippen molar-refractivity contribution in [2.75, 3.05) is 11.4 Å². The molecular formula is C30H35Cl2N5O3Si. The Kier molecular flexibility index (Phi) is 9.23. The Morgan fingerprint density at radius 3 is 2.37 bits per heavy atom. The zero-order valence-electron chi connectivity index (χ0n) is 23.8.